The van der Waals surface area contributed by atoms with Crippen molar-refractivity contribution in [1.82, 2.24) is 14.9 Å². The minimum Gasteiger partial charge on any atom is -0.511 e. The predicted molar refractivity (Wildman–Crippen MR) is 157 cm³/mol. The highest BCUT2D eigenvalue weighted by molar-refractivity contribution is 6.58. The number of nitrogens with one attached hydrogen (secondary N) is 2. The van der Waals surface area contributed by atoms with Crippen LogP contribution in [0.1, 0.15) is 0 Å². The van der Waals surface area contributed by atoms with E-state index in [2.05, 4.69) is 25.5 Å². The SMILES string of the molecule is BC(B)(B)Oc1cc2ncnc(Nc3ccc(F)c(Cl)c3)c2cc1NC(=O)/C=C/CN1CC2OCCOC2C1. The zero-order valence-electron chi connectivity index (χ0n) is 22.0. The summed E-state index contributed by atoms with van der Waals surface area (Å²) in [7, 11) is 5.78. The molecule has 3 heterocycles. The summed E-state index contributed by atoms with van der Waals surface area (Å²) >= 11 is 5.94. The number of carbonyl (C=O) groups excluding carboxylic acids is 1. The first-order chi connectivity index (χ1) is 18.6. The zero-order chi connectivity index (χ0) is 27.6. The van der Waals surface area contributed by atoms with Gasteiger partial charge in [0, 0.05) is 48.1 Å². The Bertz CT molecular complexity index is 1400. The molecule has 5 rings (SSSR count). The van der Waals surface area contributed by atoms with Gasteiger partial charge in [-0.3, -0.25) is 9.69 Å². The summed E-state index contributed by atoms with van der Waals surface area (Å²) in [4.78, 5) is 23.8. The molecule has 2 aliphatic rings. The number of nitrogens with zero attached hydrogens (tertiary/aromatic N) is 3. The molecule has 0 spiro atoms. The Morgan fingerprint density at radius 3 is 2.62 bits per heavy atom. The van der Waals surface area contributed by atoms with E-state index in [0.717, 1.165) is 13.1 Å². The van der Waals surface area contributed by atoms with E-state index in [9.17, 15) is 9.18 Å². The number of halogens is 2. The molecule has 2 unspecified atom stereocenters. The van der Waals surface area contributed by atoms with Crippen molar-refractivity contribution in [3.8, 4) is 5.75 Å². The first kappa shape index (κ1) is 27.5. The number of benzene rings is 2. The lowest BCUT2D eigenvalue weighted by Crippen LogP contribution is -2.37. The first-order valence-electron chi connectivity index (χ1n) is 12.8. The Hall–Kier alpha value is -3.12. The molecule has 2 N–H and O–H groups in total. The fourth-order valence-electron chi connectivity index (χ4n) is 4.58. The monoisotopic (exact) mass is 549 g/mol. The lowest BCUT2D eigenvalue weighted by Gasteiger charge is -2.24. The number of fused-ring (bicyclic) bond motifs is 2. The molecule has 2 fully saturated rings. The van der Waals surface area contributed by atoms with Crippen molar-refractivity contribution in [3.05, 3.63) is 59.7 Å². The van der Waals surface area contributed by atoms with E-state index in [1.807, 2.05) is 29.6 Å². The van der Waals surface area contributed by atoms with E-state index < -0.39 is 11.1 Å². The van der Waals surface area contributed by atoms with Crippen LogP contribution in [0.15, 0.2) is 48.8 Å². The van der Waals surface area contributed by atoms with Crippen LogP contribution in [0.4, 0.5) is 21.6 Å². The third-order valence-corrected chi connectivity index (χ3v) is 6.55. The number of carbonyl (C=O) groups is 1. The van der Waals surface area contributed by atoms with Gasteiger partial charge in [-0.1, -0.05) is 17.7 Å². The third-order valence-electron chi connectivity index (χ3n) is 6.26. The van der Waals surface area contributed by atoms with Crippen LogP contribution in [0.3, 0.4) is 0 Å². The van der Waals surface area contributed by atoms with Crippen molar-refractivity contribution >= 4 is 69.1 Å². The summed E-state index contributed by atoms with van der Waals surface area (Å²) in [5, 5.41) is 6.20. The average molecular weight is 549 g/mol. The van der Waals surface area contributed by atoms with Crippen LogP contribution in [0.25, 0.3) is 10.9 Å². The molecule has 3 aromatic rings. The fraction of sp³-hybridized carbons (Fsp3) is 0.320. The maximum atomic E-state index is 13.6. The van der Waals surface area contributed by atoms with Crippen LogP contribution in [-0.4, -0.2) is 94.7 Å². The Kier molecular flexibility index (Phi) is 8.13. The second kappa shape index (κ2) is 11.6. The van der Waals surface area contributed by atoms with Gasteiger partial charge in [0.1, 0.15) is 47.3 Å². The smallest absolute Gasteiger partial charge is 0.248 e. The second-order valence-electron chi connectivity index (χ2n) is 10.5. The van der Waals surface area contributed by atoms with Gasteiger partial charge in [-0.25, -0.2) is 14.4 Å². The predicted octanol–water partition coefficient (Wildman–Crippen LogP) is 0.650. The number of rotatable bonds is 8. The van der Waals surface area contributed by atoms with E-state index in [1.54, 1.807) is 18.2 Å². The van der Waals surface area contributed by atoms with E-state index in [0.29, 0.717) is 53.6 Å². The van der Waals surface area contributed by atoms with Crippen LogP contribution >= 0.6 is 11.6 Å². The van der Waals surface area contributed by atoms with E-state index in [-0.39, 0.29) is 23.1 Å². The van der Waals surface area contributed by atoms with Crippen molar-refractivity contribution in [1.29, 1.82) is 0 Å². The van der Waals surface area contributed by atoms with Gasteiger partial charge in [0.15, 0.2) is 0 Å². The maximum absolute atomic E-state index is 13.6. The Morgan fingerprint density at radius 2 is 1.92 bits per heavy atom. The number of ether oxygens (including phenoxy) is 3. The molecule has 0 aliphatic carbocycles. The molecule has 2 atom stereocenters. The van der Waals surface area contributed by atoms with Crippen LogP contribution in [0, 0.1) is 5.82 Å². The molecule has 2 aliphatic heterocycles. The van der Waals surface area contributed by atoms with E-state index in [4.69, 9.17) is 25.8 Å². The molecule has 0 radical (unpaired) electrons. The van der Waals surface area contributed by atoms with Gasteiger partial charge < -0.3 is 24.8 Å². The van der Waals surface area contributed by atoms with Gasteiger partial charge in [-0.2, -0.15) is 0 Å². The van der Waals surface area contributed by atoms with Gasteiger partial charge >= 0.3 is 0 Å². The van der Waals surface area contributed by atoms with Crippen molar-refractivity contribution < 1.29 is 23.4 Å². The van der Waals surface area contributed by atoms with Gasteiger partial charge in [-0.05, 0) is 24.3 Å². The Balaban J connectivity index is 1.36. The molecule has 200 valence electrons. The first-order valence-corrected chi connectivity index (χ1v) is 13.2. The average Bonchev–Trinajstić information content (AvgIpc) is 3.29. The minimum atomic E-state index is -0.515. The number of amides is 1. The minimum absolute atomic E-state index is 0.00768. The summed E-state index contributed by atoms with van der Waals surface area (Å²) in [6.07, 6.45) is 4.93. The van der Waals surface area contributed by atoms with Crippen LogP contribution in [0.5, 0.6) is 5.75 Å². The number of hydrogen-bond acceptors (Lipinski definition) is 8. The molecule has 9 nitrogen and oxygen atoms in total. The molecular formula is C25H28B3ClFN5O4. The highest BCUT2D eigenvalue weighted by Gasteiger charge is 2.35. The summed E-state index contributed by atoms with van der Waals surface area (Å²) in [6, 6.07) is 7.83. The van der Waals surface area contributed by atoms with E-state index in [1.165, 1.54) is 24.5 Å². The zero-order valence-corrected chi connectivity index (χ0v) is 22.8. The molecule has 0 bridgehead atoms. The Morgan fingerprint density at radius 1 is 1.18 bits per heavy atom. The highest BCUT2D eigenvalue weighted by atomic mass is 35.5. The van der Waals surface area contributed by atoms with Crippen LogP contribution in [-0.2, 0) is 14.3 Å². The molecular weight excluding hydrogens is 521 g/mol. The summed E-state index contributed by atoms with van der Waals surface area (Å²) in [5.41, 5.74) is 1.63. The molecule has 39 heavy (non-hydrogen) atoms. The van der Waals surface area contributed by atoms with Gasteiger partial charge in [-0.15, -0.1) is 0 Å². The molecule has 2 aromatic carbocycles. The third kappa shape index (κ3) is 6.91. The largest absolute Gasteiger partial charge is 0.511 e. The molecule has 1 amide bonds. The standard InChI is InChI=1S/C25H28B3ClFN5O4/c26-25(27,28)39-20-10-18-15(24(32-13-31-18)33-14-3-4-17(30)16(29)8-14)9-19(20)34-23(36)2-1-5-35-11-21-22(12-35)38-7-6-37-21/h1-4,8-10,13,21-22H,5-7,11-12,26-28H2,(H,34,36)(H,31,32,33)/b2-1+. The summed E-state index contributed by atoms with van der Waals surface area (Å²) in [5.74, 6) is 0.135. The number of hydrogen-bond donors (Lipinski definition) is 2. The molecule has 14 heteroatoms. The van der Waals surface area contributed by atoms with Crippen molar-refractivity contribution in [2.24, 2.45) is 0 Å². The number of aromatic nitrogens is 2. The van der Waals surface area contributed by atoms with Crippen molar-refractivity contribution in [2.75, 3.05) is 43.5 Å². The van der Waals surface area contributed by atoms with Crippen molar-refractivity contribution in [3.63, 3.8) is 0 Å². The number of likely N-dealkylation sites (tertiary alicyclic amines) is 1. The molecule has 2 saturated heterocycles. The second-order valence-corrected chi connectivity index (χ2v) is 10.9. The van der Waals surface area contributed by atoms with Gasteiger partial charge in [0.2, 0.25) is 5.91 Å². The van der Waals surface area contributed by atoms with E-state index >= 15 is 0 Å². The quantitative estimate of drug-likeness (QED) is 0.313. The van der Waals surface area contributed by atoms with Crippen molar-refractivity contribution in [2.45, 2.75) is 17.5 Å². The fourth-order valence-corrected chi connectivity index (χ4v) is 4.76. The van der Waals surface area contributed by atoms with Gasteiger partial charge in [0.05, 0.1) is 41.6 Å². The molecule has 0 saturated carbocycles. The Labute approximate surface area is 233 Å². The molecule has 1 aromatic heterocycles. The normalized spacial score (nSPS) is 19.7. The van der Waals surface area contributed by atoms with Gasteiger partial charge in [0.25, 0.3) is 0 Å². The maximum Gasteiger partial charge on any atom is 0.248 e. The van der Waals surface area contributed by atoms with Crippen LogP contribution < -0.4 is 15.4 Å². The lowest BCUT2D eigenvalue weighted by molar-refractivity contribution is -0.116. The summed E-state index contributed by atoms with van der Waals surface area (Å²) < 4.78 is 31.3. The topological polar surface area (TPSA) is 97.8 Å². The van der Waals surface area contributed by atoms with Crippen LogP contribution in [0.2, 0.25) is 5.02 Å². The lowest BCUT2D eigenvalue weighted by atomic mass is 9.52. The highest BCUT2D eigenvalue weighted by Crippen LogP contribution is 2.34. The summed E-state index contributed by atoms with van der Waals surface area (Å²) in [6.45, 7) is 3.41. The number of anilines is 3.